The number of nitrogens with one attached hydrogen (secondary N) is 2. The molecule has 188 valence electrons. The molecule has 3 atom stereocenters. The fraction of sp³-hybridized carbons (Fsp3) is 0.577. The van der Waals surface area contributed by atoms with Crippen molar-refractivity contribution in [3.8, 4) is 6.07 Å². The third-order valence-electron chi connectivity index (χ3n) is 6.48. The number of rotatable bonds is 3. The summed E-state index contributed by atoms with van der Waals surface area (Å²) in [6, 6.07) is 7.66. The molecule has 4 amide bonds. The molecule has 2 aliphatic heterocycles. The van der Waals surface area contributed by atoms with Crippen LogP contribution < -0.4 is 10.6 Å². The number of hydrogen-bond acceptors (Lipinski definition) is 5. The lowest BCUT2D eigenvalue weighted by Crippen LogP contribution is -2.56. The third-order valence-corrected chi connectivity index (χ3v) is 6.48. The summed E-state index contributed by atoms with van der Waals surface area (Å²) in [5.74, 6) is -2.31. The molecule has 1 spiro atoms. The molecular weight excluding hydrogens is 446 g/mol. The van der Waals surface area contributed by atoms with E-state index in [0.29, 0.717) is 5.69 Å². The summed E-state index contributed by atoms with van der Waals surface area (Å²) < 4.78 is 0. The first-order chi connectivity index (χ1) is 16.1. The highest BCUT2D eigenvalue weighted by molar-refractivity contribution is 6.35. The largest absolute Gasteiger partial charge is 0.343 e. The summed E-state index contributed by atoms with van der Waals surface area (Å²) >= 11 is 0. The Morgan fingerprint density at radius 1 is 1.23 bits per heavy atom. The minimum Gasteiger partial charge on any atom is -0.343 e. The Morgan fingerprint density at radius 3 is 2.43 bits per heavy atom. The molecule has 1 saturated heterocycles. The number of anilines is 1. The van der Waals surface area contributed by atoms with Crippen LogP contribution in [0.4, 0.5) is 5.69 Å². The highest BCUT2D eigenvalue weighted by Gasteiger charge is 2.57. The fourth-order valence-electron chi connectivity index (χ4n) is 4.84. The van der Waals surface area contributed by atoms with Crippen LogP contribution in [0.2, 0.25) is 0 Å². The minimum atomic E-state index is -1.02. The average Bonchev–Trinajstić information content (AvgIpc) is 3.27. The first kappa shape index (κ1) is 26.2. The highest BCUT2D eigenvalue weighted by Crippen LogP contribution is 2.46. The number of fused-ring (bicyclic) bond motifs is 2. The van der Waals surface area contributed by atoms with Gasteiger partial charge in [-0.05, 0) is 44.2 Å². The van der Waals surface area contributed by atoms with Crippen molar-refractivity contribution in [2.75, 3.05) is 18.9 Å². The van der Waals surface area contributed by atoms with Crippen molar-refractivity contribution in [1.29, 1.82) is 5.26 Å². The summed E-state index contributed by atoms with van der Waals surface area (Å²) in [6.07, 6.45) is 0.448. The van der Waals surface area contributed by atoms with Crippen molar-refractivity contribution in [3.05, 3.63) is 29.8 Å². The first-order valence-corrected chi connectivity index (χ1v) is 11.8. The van der Waals surface area contributed by atoms with E-state index in [-0.39, 0.29) is 30.7 Å². The van der Waals surface area contributed by atoms with Crippen molar-refractivity contribution in [1.82, 2.24) is 15.1 Å². The van der Waals surface area contributed by atoms with E-state index in [1.165, 1.54) is 11.9 Å². The lowest BCUT2D eigenvalue weighted by Gasteiger charge is -2.35. The van der Waals surface area contributed by atoms with Gasteiger partial charge < -0.3 is 20.4 Å². The van der Waals surface area contributed by atoms with Gasteiger partial charge in [0.15, 0.2) is 0 Å². The van der Waals surface area contributed by atoms with Gasteiger partial charge in [0.1, 0.15) is 12.1 Å². The van der Waals surface area contributed by atoms with Gasteiger partial charge in [-0.25, -0.2) is 0 Å². The lowest BCUT2D eigenvalue weighted by atomic mass is 9.80. The van der Waals surface area contributed by atoms with Crippen LogP contribution in [0.1, 0.15) is 59.9 Å². The molecule has 2 aliphatic rings. The SMILES string of the molecule is CN(C(=O)C(=O)NC(C)(C)C)[C@@H](CC(C)(C)C)C(=O)N1C[C@]2(C[C@H]1C#N)C(=O)Nc1ccccc12. The lowest BCUT2D eigenvalue weighted by molar-refractivity contribution is -0.152. The first-order valence-electron chi connectivity index (χ1n) is 11.8. The van der Waals surface area contributed by atoms with E-state index >= 15 is 0 Å². The zero-order valence-electron chi connectivity index (χ0n) is 21.6. The molecule has 0 unspecified atom stereocenters. The van der Waals surface area contributed by atoms with E-state index < -0.39 is 40.8 Å². The molecule has 1 fully saturated rings. The molecule has 35 heavy (non-hydrogen) atoms. The molecule has 2 N–H and O–H groups in total. The monoisotopic (exact) mass is 481 g/mol. The zero-order chi connectivity index (χ0) is 26.3. The summed E-state index contributed by atoms with van der Waals surface area (Å²) in [5.41, 5.74) is -0.548. The molecule has 2 heterocycles. The van der Waals surface area contributed by atoms with Gasteiger partial charge in [-0.1, -0.05) is 39.0 Å². The Labute approximate surface area is 206 Å². The van der Waals surface area contributed by atoms with Crippen molar-refractivity contribution in [3.63, 3.8) is 0 Å². The normalized spacial score (nSPS) is 22.3. The smallest absolute Gasteiger partial charge is 0.312 e. The topological polar surface area (TPSA) is 123 Å². The maximum absolute atomic E-state index is 13.9. The molecule has 0 aliphatic carbocycles. The molecule has 0 radical (unpaired) electrons. The molecule has 0 saturated carbocycles. The van der Waals surface area contributed by atoms with Crippen molar-refractivity contribution >= 4 is 29.3 Å². The van der Waals surface area contributed by atoms with Crippen LogP contribution in [0.3, 0.4) is 0 Å². The molecular formula is C26H35N5O4. The van der Waals surface area contributed by atoms with E-state index in [1.807, 2.05) is 39.0 Å². The molecule has 9 heteroatoms. The average molecular weight is 482 g/mol. The summed E-state index contributed by atoms with van der Waals surface area (Å²) in [4.78, 5) is 55.1. The Kier molecular flexibility index (Phi) is 6.73. The maximum atomic E-state index is 13.9. The van der Waals surface area contributed by atoms with Gasteiger partial charge in [-0.3, -0.25) is 19.2 Å². The molecule has 9 nitrogen and oxygen atoms in total. The third kappa shape index (κ3) is 5.16. The molecule has 1 aromatic rings. The number of likely N-dealkylation sites (tertiary alicyclic amines) is 1. The van der Waals surface area contributed by atoms with Crippen LogP contribution in [0.15, 0.2) is 24.3 Å². The minimum absolute atomic E-state index is 0.0315. The van der Waals surface area contributed by atoms with Crippen LogP contribution in [0.5, 0.6) is 0 Å². The van der Waals surface area contributed by atoms with E-state index in [1.54, 1.807) is 26.8 Å². The number of amides is 4. The van der Waals surface area contributed by atoms with E-state index in [9.17, 15) is 24.4 Å². The number of nitriles is 1. The van der Waals surface area contributed by atoms with Crippen LogP contribution in [0, 0.1) is 16.7 Å². The standard InChI is InChI=1S/C26H35N5O4/c1-24(2,3)13-19(30(7)22(34)20(32)29-25(4,5)6)21(33)31-15-26(12-16(31)14-27)17-10-8-9-11-18(17)28-23(26)35/h8-11,16,19H,12-13,15H2,1-7H3,(H,28,35)(H,29,32)/t16-,19-,26-/m0/s1. The second-order valence-corrected chi connectivity index (χ2v) is 11.8. The van der Waals surface area contributed by atoms with Crippen molar-refractivity contribution in [2.45, 2.75) is 77.4 Å². The molecule has 3 rings (SSSR count). The number of nitrogens with zero attached hydrogens (tertiary/aromatic N) is 3. The zero-order valence-corrected chi connectivity index (χ0v) is 21.6. The number of carbonyl (C=O) groups excluding carboxylic acids is 4. The highest BCUT2D eigenvalue weighted by atomic mass is 16.2. The number of carbonyl (C=O) groups is 4. The van der Waals surface area contributed by atoms with E-state index in [4.69, 9.17) is 0 Å². The summed E-state index contributed by atoms with van der Waals surface area (Å²) in [5, 5.41) is 15.4. The number of likely N-dealkylation sites (N-methyl/N-ethyl adjacent to an activating group) is 1. The Hall–Kier alpha value is -3.41. The second-order valence-electron chi connectivity index (χ2n) is 11.8. The predicted octanol–water partition coefficient (Wildman–Crippen LogP) is 2.18. The van der Waals surface area contributed by atoms with E-state index in [0.717, 1.165) is 10.5 Å². The number of para-hydroxylation sites is 1. The summed E-state index contributed by atoms with van der Waals surface area (Å²) in [6.45, 7) is 11.1. The van der Waals surface area contributed by atoms with Gasteiger partial charge in [0.2, 0.25) is 11.8 Å². The second kappa shape index (κ2) is 8.99. The Balaban J connectivity index is 1.94. The van der Waals surface area contributed by atoms with Gasteiger partial charge >= 0.3 is 11.8 Å². The fourth-order valence-corrected chi connectivity index (χ4v) is 4.84. The van der Waals surface area contributed by atoms with Gasteiger partial charge in [-0.2, -0.15) is 5.26 Å². The van der Waals surface area contributed by atoms with Crippen LogP contribution >= 0.6 is 0 Å². The maximum Gasteiger partial charge on any atom is 0.312 e. The van der Waals surface area contributed by atoms with Crippen LogP contribution in [-0.4, -0.2) is 64.6 Å². The molecule has 0 bridgehead atoms. The van der Waals surface area contributed by atoms with Gasteiger partial charge in [-0.15, -0.1) is 0 Å². The van der Waals surface area contributed by atoms with Crippen LogP contribution in [-0.2, 0) is 24.6 Å². The quantitative estimate of drug-likeness (QED) is 0.641. The van der Waals surface area contributed by atoms with Gasteiger partial charge in [0.05, 0.1) is 11.5 Å². The Bertz CT molecular complexity index is 1090. The van der Waals surface area contributed by atoms with E-state index in [2.05, 4.69) is 16.7 Å². The summed E-state index contributed by atoms with van der Waals surface area (Å²) in [7, 11) is 1.43. The predicted molar refractivity (Wildman–Crippen MR) is 131 cm³/mol. The number of hydrogen-bond donors (Lipinski definition) is 2. The van der Waals surface area contributed by atoms with Gasteiger partial charge in [0, 0.05) is 31.2 Å². The molecule has 0 aromatic heterocycles. The van der Waals surface area contributed by atoms with Crippen LogP contribution in [0.25, 0.3) is 0 Å². The van der Waals surface area contributed by atoms with Crippen molar-refractivity contribution < 1.29 is 19.2 Å². The Morgan fingerprint density at radius 2 is 1.86 bits per heavy atom. The number of benzene rings is 1. The van der Waals surface area contributed by atoms with Crippen molar-refractivity contribution in [2.24, 2.45) is 5.41 Å². The molecule has 1 aromatic carbocycles. The van der Waals surface area contributed by atoms with Gasteiger partial charge in [0.25, 0.3) is 0 Å².